The van der Waals surface area contributed by atoms with Gasteiger partial charge in [0.05, 0.1) is 11.5 Å². The van der Waals surface area contributed by atoms with Crippen LogP contribution in [0.4, 0.5) is 0 Å². The minimum Gasteiger partial charge on any atom is -0.481 e. The van der Waals surface area contributed by atoms with E-state index in [0.29, 0.717) is 12.8 Å². The van der Waals surface area contributed by atoms with Crippen molar-refractivity contribution in [3.63, 3.8) is 0 Å². The Hall–Kier alpha value is -1.10. The largest absolute Gasteiger partial charge is 0.481 e. The first kappa shape index (κ1) is 13.0. The quantitative estimate of drug-likeness (QED) is 0.611. The molecule has 1 aliphatic carbocycles. The van der Waals surface area contributed by atoms with E-state index in [2.05, 4.69) is 5.32 Å². The lowest BCUT2D eigenvalue weighted by molar-refractivity contribution is -0.143. The van der Waals surface area contributed by atoms with Gasteiger partial charge in [0.1, 0.15) is 0 Å². The number of amides is 1. The van der Waals surface area contributed by atoms with E-state index in [9.17, 15) is 9.59 Å². The number of carboxylic acids is 1. The van der Waals surface area contributed by atoms with Crippen LogP contribution in [-0.2, 0) is 9.59 Å². The second-order valence-electron chi connectivity index (χ2n) is 4.71. The summed E-state index contributed by atoms with van der Waals surface area (Å²) in [6, 6.07) is -0.547. The highest BCUT2D eigenvalue weighted by atomic mass is 16.4. The summed E-state index contributed by atoms with van der Waals surface area (Å²) in [6.07, 6.45) is 2.11. The summed E-state index contributed by atoms with van der Waals surface area (Å²) < 4.78 is 0. The number of rotatable bonds is 6. The van der Waals surface area contributed by atoms with Gasteiger partial charge in [-0.25, -0.2) is 0 Å². The van der Waals surface area contributed by atoms with Crippen molar-refractivity contribution < 1.29 is 14.7 Å². The topological polar surface area (TPSA) is 92.4 Å². The standard InChI is InChI=1S/C11H20N2O3/c1-3-7(2)8(12)9(14)13-6-11(4-5-11)10(15)16/h7-8H,3-6,12H2,1-2H3,(H,13,14)(H,15,16)/t7-,8-/m0/s1. The Kier molecular flexibility index (Phi) is 3.91. The molecule has 4 N–H and O–H groups in total. The maximum atomic E-state index is 11.6. The normalized spacial score (nSPS) is 20.9. The zero-order valence-corrected chi connectivity index (χ0v) is 9.82. The van der Waals surface area contributed by atoms with Crippen LogP contribution in [0, 0.1) is 11.3 Å². The van der Waals surface area contributed by atoms with E-state index >= 15 is 0 Å². The lowest BCUT2D eigenvalue weighted by atomic mass is 9.99. The second-order valence-corrected chi connectivity index (χ2v) is 4.71. The molecule has 0 aromatic carbocycles. The van der Waals surface area contributed by atoms with Gasteiger partial charge in [-0.15, -0.1) is 0 Å². The van der Waals surface area contributed by atoms with Gasteiger partial charge in [-0.3, -0.25) is 9.59 Å². The Morgan fingerprint density at radius 1 is 1.50 bits per heavy atom. The first-order valence-corrected chi connectivity index (χ1v) is 5.69. The molecule has 0 heterocycles. The summed E-state index contributed by atoms with van der Waals surface area (Å²) in [6.45, 7) is 4.08. The Morgan fingerprint density at radius 3 is 2.44 bits per heavy atom. The highest BCUT2D eigenvalue weighted by Crippen LogP contribution is 2.45. The molecule has 0 bridgehead atoms. The fourth-order valence-electron chi connectivity index (χ4n) is 1.50. The lowest BCUT2D eigenvalue weighted by Crippen LogP contribution is -2.47. The molecule has 0 aromatic heterocycles. The number of hydrogen-bond acceptors (Lipinski definition) is 3. The first-order chi connectivity index (χ1) is 7.43. The number of nitrogens with one attached hydrogen (secondary N) is 1. The summed E-state index contributed by atoms with van der Waals surface area (Å²) in [4.78, 5) is 22.5. The number of carbonyl (C=O) groups is 2. The van der Waals surface area contributed by atoms with Crippen molar-refractivity contribution in [1.29, 1.82) is 0 Å². The molecule has 0 spiro atoms. The predicted octanol–water partition coefficient (Wildman–Crippen LogP) is 0.341. The minimum atomic E-state index is -0.829. The third-order valence-electron chi connectivity index (χ3n) is 3.47. The average molecular weight is 228 g/mol. The number of aliphatic carboxylic acids is 1. The SMILES string of the molecule is CC[C@H](C)[C@H](N)C(=O)NCC1(C(=O)O)CC1. The van der Waals surface area contributed by atoms with Crippen LogP contribution in [-0.4, -0.2) is 29.6 Å². The number of carboxylic acid groups (broad SMARTS) is 1. The van der Waals surface area contributed by atoms with Crippen LogP contribution in [0.3, 0.4) is 0 Å². The fraction of sp³-hybridized carbons (Fsp3) is 0.818. The van der Waals surface area contributed by atoms with Crippen molar-refractivity contribution in [1.82, 2.24) is 5.32 Å². The summed E-state index contributed by atoms with van der Waals surface area (Å²) >= 11 is 0. The van der Waals surface area contributed by atoms with Crippen LogP contribution in [0.5, 0.6) is 0 Å². The molecule has 1 aliphatic rings. The molecule has 0 unspecified atom stereocenters. The average Bonchev–Trinajstić information content (AvgIpc) is 3.04. The molecule has 1 rings (SSSR count). The van der Waals surface area contributed by atoms with Gasteiger partial charge in [-0.05, 0) is 18.8 Å². The number of hydrogen-bond donors (Lipinski definition) is 3. The van der Waals surface area contributed by atoms with E-state index < -0.39 is 17.4 Å². The number of nitrogens with two attached hydrogens (primary N) is 1. The highest BCUT2D eigenvalue weighted by molar-refractivity contribution is 5.83. The smallest absolute Gasteiger partial charge is 0.311 e. The van der Waals surface area contributed by atoms with Crippen molar-refractivity contribution in [2.75, 3.05) is 6.54 Å². The Labute approximate surface area is 95.4 Å². The molecule has 0 aliphatic heterocycles. The van der Waals surface area contributed by atoms with Gasteiger partial charge >= 0.3 is 5.97 Å². The molecular formula is C11H20N2O3. The van der Waals surface area contributed by atoms with Gasteiger partial charge in [0.25, 0.3) is 0 Å². The van der Waals surface area contributed by atoms with Gasteiger partial charge in [-0.2, -0.15) is 0 Å². The van der Waals surface area contributed by atoms with Crippen LogP contribution in [0.2, 0.25) is 0 Å². The lowest BCUT2D eigenvalue weighted by Gasteiger charge is -2.19. The zero-order chi connectivity index (χ0) is 12.3. The molecule has 16 heavy (non-hydrogen) atoms. The molecule has 92 valence electrons. The Balaban J connectivity index is 2.38. The van der Waals surface area contributed by atoms with Crippen LogP contribution < -0.4 is 11.1 Å². The predicted molar refractivity (Wildman–Crippen MR) is 59.7 cm³/mol. The minimum absolute atomic E-state index is 0.111. The molecule has 0 radical (unpaired) electrons. The summed E-state index contributed by atoms with van der Waals surface area (Å²) in [5.74, 6) is -0.966. The molecule has 0 saturated heterocycles. The molecule has 5 heteroatoms. The van der Waals surface area contributed by atoms with Crippen LogP contribution in [0.25, 0.3) is 0 Å². The van der Waals surface area contributed by atoms with Crippen molar-refractivity contribution in [2.24, 2.45) is 17.1 Å². The summed E-state index contributed by atoms with van der Waals surface area (Å²) in [5, 5.41) is 11.6. The maximum absolute atomic E-state index is 11.6. The Bertz CT molecular complexity index is 287. The van der Waals surface area contributed by atoms with Crippen LogP contribution in [0.1, 0.15) is 33.1 Å². The molecule has 1 saturated carbocycles. The third-order valence-corrected chi connectivity index (χ3v) is 3.47. The van der Waals surface area contributed by atoms with Gasteiger partial charge < -0.3 is 16.2 Å². The zero-order valence-electron chi connectivity index (χ0n) is 9.82. The van der Waals surface area contributed by atoms with E-state index in [0.717, 1.165) is 6.42 Å². The van der Waals surface area contributed by atoms with E-state index in [1.165, 1.54) is 0 Å². The third kappa shape index (κ3) is 2.72. The monoisotopic (exact) mass is 228 g/mol. The van der Waals surface area contributed by atoms with Crippen molar-refractivity contribution >= 4 is 11.9 Å². The maximum Gasteiger partial charge on any atom is 0.311 e. The van der Waals surface area contributed by atoms with E-state index in [-0.39, 0.29) is 18.4 Å². The highest BCUT2D eigenvalue weighted by Gasteiger charge is 2.50. The van der Waals surface area contributed by atoms with Crippen molar-refractivity contribution in [3.05, 3.63) is 0 Å². The van der Waals surface area contributed by atoms with Crippen LogP contribution in [0.15, 0.2) is 0 Å². The summed E-state index contributed by atoms with van der Waals surface area (Å²) in [7, 11) is 0. The van der Waals surface area contributed by atoms with Gasteiger partial charge in [0.15, 0.2) is 0 Å². The van der Waals surface area contributed by atoms with Crippen molar-refractivity contribution in [2.45, 2.75) is 39.2 Å². The van der Waals surface area contributed by atoms with E-state index in [4.69, 9.17) is 10.8 Å². The van der Waals surface area contributed by atoms with Crippen molar-refractivity contribution in [3.8, 4) is 0 Å². The summed E-state index contributed by atoms with van der Waals surface area (Å²) in [5.41, 5.74) is 5.02. The molecule has 2 atom stereocenters. The van der Waals surface area contributed by atoms with E-state index in [1.807, 2.05) is 13.8 Å². The fourth-order valence-corrected chi connectivity index (χ4v) is 1.50. The van der Waals surface area contributed by atoms with E-state index in [1.54, 1.807) is 0 Å². The van der Waals surface area contributed by atoms with Gasteiger partial charge in [0.2, 0.25) is 5.91 Å². The first-order valence-electron chi connectivity index (χ1n) is 5.69. The molecular weight excluding hydrogens is 208 g/mol. The molecule has 5 nitrogen and oxygen atoms in total. The van der Waals surface area contributed by atoms with Crippen LogP contribution >= 0.6 is 0 Å². The van der Waals surface area contributed by atoms with Gasteiger partial charge in [0, 0.05) is 6.54 Å². The molecule has 0 aromatic rings. The second kappa shape index (κ2) is 4.82. The Morgan fingerprint density at radius 2 is 2.06 bits per heavy atom. The molecule has 1 fully saturated rings. The number of carbonyl (C=O) groups excluding carboxylic acids is 1. The van der Waals surface area contributed by atoms with Gasteiger partial charge in [-0.1, -0.05) is 20.3 Å². The molecule has 1 amide bonds.